The van der Waals surface area contributed by atoms with Crippen LogP contribution in [0.3, 0.4) is 0 Å². The zero-order valence-electron chi connectivity index (χ0n) is 13.0. The van der Waals surface area contributed by atoms with Gasteiger partial charge in [0, 0.05) is 32.1 Å². The van der Waals surface area contributed by atoms with Crippen molar-refractivity contribution in [3.63, 3.8) is 0 Å². The smallest absolute Gasteiger partial charge is 0.226 e. The Morgan fingerprint density at radius 3 is 2.24 bits per heavy atom. The van der Waals surface area contributed by atoms with Gasteiger partial charge in [0.05, 0.1) is 11.0 Å². The Balaban J connectivity index is 1.52. The fourth-order valence-corrected chi connectivity index (χ4v) is 4.78. The molecule has 0 aromatic carbocycles. The number of nitrogens with zero attached hydrogens (tertiary/aromatic N) is 2. The molecule has 0 radical (unpaired) electrons. The van der Waals surface area contributed by atoms with E-state index in [4.69, 9.17) is 18.0 Å². The van der Waals surface area contributed by atoms with E-state index in [1.54, 1.807) is 0 Å². The number of fused-ring (bicyclic) bond motifs is 1. The van der Waals surface area contributed by atoms with Crippen LogP contribution in [0.25, 0.3) is 0 Å². The average Bonchev–Trinajstić information content (AvgIpc) is 3.22. The third-order valence-electron chi connectivity index (χ3n) is 5.72. The van der Waals surface area contributed by atoms with Crippen LogP contribution in [0, 0.1) is 17.8 Å². The standard InChI is InChI=1S/C16H27N3OS/c1-2-13(15(17)21)18-7-9-19(10-8-18)16(20)14-11-5-3-4-6-12(11)14/h11-14H,2-10H2,1H3,(H2,17,21). The lowest BCUT2D eigenvalue weighted by atomic mass is 10.0. The lowest BCUT2D eigenvalue weighted by Crippen LogP contribution is -2.55. The summed E-state index contributed by atoms with van der Waals surface area (Å²) < 4.78 is 0. The van der Waals surface area contributed by atoms with Crippen molar-refractivity contribution >= 4 is 23.1 Å². The van der Waals surface area contributed by atoms with E-state index >= 15 is 0 Å². The van der Waals surface area contributed by atoms with Crippen LogP contribution in [0.5, 0.6) is 0 Å². The van der Waals surface area contributed by atoms with Gasteiger partial charge in [0.1, 0.15) is 0 Å². The quantitative estimate of drug-likeness (QED) is 0.802. The number of hydrogen-bond donors (Lipinski definition) is 1. The number of thiocarbonyl (C=S) groups is 1. The molecule has 3 rings (SSSR count). The van der Waals surface area contributed by atoms with E-state index < -0.39 is 0 Å². The topological polar surface area (TPSA) is 49.6 Å². The molecule has 1 aliphatic heterocycles. The van der Waals surface area contributed by atoms with E-state index in [1.165, 1.54) is 25.7 Å². The molecule has 118 valence electrons. The van der Waals surface area contributed by atoms with E-state index in [9.17, 15) is 4.79 Å². The highest BCUT2D eigenvalue weighted by atomic mass is 32.1. The number of carbonyl (C=O) groups is 1. The van der Waals surface area contributed by atoms with Crippen LogP contribution in [0.2, 0.25) is 0 Å². The Morgan fingerprint density at radius 2 is 1.76 bits per heavy atom. The predicted octanol–water partition coefficient (Wildman–Crippen LogP) is 1.63. The second-order valence-corrected chi connectivity index (χ2v) is 7.30. The van der Waals surface area contributed by atoms with Crippen molar-refractivity contribution < 1.29 is 4.79 Å². The lowest BCUT2D eigenvalue weighted by molar-refractivity contribution is -0.135. The second kappa shape index (κ2) is 6.21. The Kier molecular flexibility index (Phi) is 4.50. The minimum atomic E-state index is 0.195. The van der Waals surface area contributed by atoms with Crippen LogP contribution >= 0.6 is 12.2 Å². The molecule has 2 N–H and O–H groups in total. The van der Waals surface area contributed by atoms with Crippen LogP contribution in [-0.2, 0) is 4.79 Å². The maximum absolute atomic E-state index is 12.7. The van der Waals surface area contributed by atoms with Crippen LogP contribution in [0.4, 0.5) is 0 Å². The largest absolute Gasteiger partial charge is 0.392 e. The second-order valence-electron chi connectivity index (χ2n) is 6.83. The van der Waals surface area contributed by atoms with Gasteiger partial charge >= 0.3 is 0 Å². The molecule has 3 fully saturated rings. The molecule has 1 saturated heterocycles. The number of amides is 1. The molecule has 2 aliphatic carbocycles. The van der Waals surface area contributed by atoms with Gasteiger partial charge in [0.25, 0.3) is 0 Å². The molecule has 5 heteroatoms. The molecule has 2 saturated carbocycles. The summed E-state index contributed by atoms with van der Waals surface area (Å²) in [6.07, 6.45) is 6.16. The third-order valence-corrected chi connectivity index (χ3v) is 6.00. The summed E-state index contributed by atoms with van der Waals surface area (Å²) in [7, 11) is 0. The fourth-order valence-electron chi connectivity index (χ4n) is 4.46. The first-order chi connectivity index (χ1) is 10.1. The molecule has 1 amide bonds. The minimum Gasteiger partial charge on any atom is -0.392 e. The van der Waals surface area contributed by atoms with Gasteiger partial charge in [-0.1, -0.05) is 32.0 Å². The molecule has 3 aliphatic rings. The normalized spacial score (nSPS) is 34.1. The van der Waals surface area contributed by atoms with Crippen molar-refractivity contribution in [1.29, 1.82) is 0 Å². The zero-order chi connectivity index (χ0) is 15.0. The Hall–Kier alpha value is -0.680. The molecule has 0 bridgehead atoms. The van der Waals surface area contributed by atoms with Crippen LogP contribution in [0.1, 0.15) is 39.0 Å². The van der Waals surface area contributed by atoms with Gasteiger partial charge in [-0.25, -0.2) is 0 Å². The first-order valence-corrected chi connectivity index (χ1v) is 8.86. The first-order valence-electron chi connectivity index (χ1n) is 8.45. The summed E-state index contributed by atoms with van der Waals surface area (Å²) in [5, 5.41) is 0. The predicted molar refractivity (Wildman–Crippen MR) is 88.0 cm³/mol. The fraction of sp³-hybridized carbons (Fsp3) is 0.875. The van der Waals surface area contributed by atoms with Gasteiger partial charge in [-0.2, -0.15) is 0 Å². The number of carbonyl (C=O) groups excluding carboxylic acids is 1. The van der Waals surface area contributed by atoms with Crippen molar-refractivity contribution in [1.82, 2.24) is 9.80 Å². The molecule has 3 unspecified atom stereocenters. The van der Waals surface area contributed by atoms with Crippen molar-refractivity contribution in [2.45, 2.75) is 45.1 Å². The van der Waals surface area contributed by atoms with E-state index in [0.29, 0.717) is 28.6 Å². The van der Waals surface area contributed by atoms with Crippen molar-refractivity contribution in [3.8, 4) is 0 Å². The van der Waals surface area contributed by atoms with Crippen molar-refractivity contribution in [2.75, 3.05) is 26.2 Å². The summed E-state index contributed by atoms with van der Waals surface area (Å²) in [6, 6.07) is 0.195. The maximum Gasteiger partial charge on any atom is 0.226 e. The molecule has 0 aromatic rings. The molecule has 0 aromatic heterocycles. The van der Waals surface area contributed by atoms with Gasteiger partial charge in [-0.15, -0.1) is 0 Å². The van der Waals surface area contributed by atoms with Crippen LogP contribution < -0.4 is 5.73 Å². The van der Waals surface area contributed by atoms with Gasteiger partial charge in [0.2, 0.25) is 5.91 Å². The minimum absolute atomic E-state index is 0.195. The average molecular weight is 309 g/mol. The van der Waals surface area contributed by atoms with Crippen molar-refractivity contribution in [3.05, 3.63) is 0 Å². The highest BCUT2D eigenvalue weighted by Crippen LogP contribution is 2.56. The Labute approximate surface area is 133 Å². The number of hydrogen-bond acceptors (Lipinski definition) is 3. The van der Waals surface area contributed by atoms with E-state index in [2.05, 4.69) is 16.7 Å². The highest BCUT2D eigenvalue weighted by Gasteiger charge is 2.55. The monoisotopic (exact) mass is 309 g/mol. The van der Waals surface area contributed by atoms with Crippen LogP contribution in [0.15, 0.2) is 0 Å². The van der Waals surface area contributed by atoms with Gasteiger partial charge in [-0.05, 0) is 31.1 Å². The third kappa shape index (κ3) is 2.95. The molecular weight excluding hydrogens is 282 g/mol. The Morgan fingerprint density at radius 1 is 1.19 bits per heavy atom. The summed E-state index contributed by atoms with van der Waals surface area (Å²) in [4.78, 5) is 17.7. The van der Waals surface area contributed by atoms with Crippen LogP contribution in [-0.4, -0.2) is 52.9 Å². The number of rotatable bonds is 4. The van der Waals surface area contributed by atoms with Gasteiger partial charge < -0.3 is 10.6 Å². The summed E-state index contributed by atoms with van der Waals surface area (Å²) in [6.45, 7) is 5.62. The van der Waals surface area contributed by atoms with E-state index in [0.717, 1.165) is 32.6 Å². The van der Waals surface area contributed by atoms with Gasteiger partial charge in [0.15, 0.2) is 0 Å². The lowest BCUT2D eigenvalue weighted by Gasteiger charge is -2.38. The van der Waals surface area contributed by atoms with Gasteiger partial charge in [-0.3, -0.25) is 9.69 Å². The SMILES string of the molecule is CCC(C(N)=S)N1CCN(C(=O)C2C3CCCCC32)CC1. The molecule has 4 nitrogen and oxygen atoms in total. The van der Waals surface area contributed by atoms with Crippen molar-refractivity contribution in [2.24, 2.45) is 23.5 Å². The van der Waals surface area contributed by atoms with E-state index in [-0.39, 0.29) is 6.04 Å². The Bertz CT molecular complexity index is 408. The number of piperazine rings is 1. The summed E-state index contributed by atoms with van der Waals surface area (Å²) in [5.41, 5.74) is 5.82. The summed E-state index contributed by atoms with van der Waals surface area (Å²) >= 11 is 5.15. The molecule has 1 heterocycles. The molecule has 3 atom stereocenters. The molecular formula is C16H27N3OS. The highest BCUT2D eigenvalue weighted by molar-refractivity contribution is 7.80. The number of nitrogens with two attached hydrogens (primary N) is 1. The zero-order valence-corrected chi connectivity index (χ0v) is 13.8. The molecule has 0 spiro atoms. The molecule has 21 heavy (non-hydrogen) atoms. The first kappa shape index (κ1) is 15.2. The van der Waals surface area contributed by atoms with E-state index in [1.807, 2.05) is 0 Å². The maximum atomic E-state index is 12.7. The summed E-state index contributed by atoms with van der Waals surface area (Å²) in [5.74, 6) is 2.21.